The van der Waals surface area contributed by atoms with E-state index < -0.39 is 5.97 Å². The number of carbonyl (C=O) groups is 1. The first kappa shape index (κ1) is 69.4. The molecule has 12 nitrogen and oxygen atoms in total. The van der Waals surface area contributed by atoms with Crippen molar-refractivity contribution in [3.05, 3.63) is 95.4 Å². The summed E-state index contributed by atoms with van der Waals surface area (Å²) in [5.74, 6) is 3.41. The molecular weight excluding hydrogens is 1260 g/mol. The number of unbranched alkanes of at least 4 members (excludes halogenated alkanes) is 14. The van der Waals surface area contributed by atoms with Crippen LogP contribution in [-0.2, 0) is 4.79 Å². The molecule has 3 aromatic carbocycles. The van der Waals surface area contributed by atoms with Gasteiger partial charge in [-0.3, -0.25) is 0 Å². The van der Waals surface area contributed by atoms with Crippen LogP contribution in [0.2, 0.25) is 0 Å². The highest BCUT2D eigenvalue weighted by Crippen LogP contribution is 2.59. The number of anilines is 3. The van der Waals surface area contributed by atoms with Gasteiger partial charge in [-0.2, -0.15) is 5.26 Å². The Kier molecular flexibility index (Phi) is 25.6. The van der Waals surface area contributed by atoms with E-state index in [1.807, 2.05) is 18.2 Å². The Labute approximate surface area is 572 Å². The van der Waals surface area contributed by atoms with Gasteiger partial charge in [0.2, 0.25) is 0 Å². The van der Waals surface area contributed by atoms with Crippen LogP contribution >= 0.6 is 56.7 Å². The zero-order valence-corrected chi connectivity index (χ0v) is 59.6. The van der Waals surface area contributed by atoms with Gasteiger partial charge < -0.3 is 38.4 Å². The number of aliphatic carboxylic acids is 1. The van der Waals surface area contributed by atoms with Crippen molar-refractivity contribution < 1.29 is 38.3 Å². The number of nitriles is 1. The van der Waals surface area contributed by atoms with Crippen LogP contribution in [0.3, 0.4) is 0 Å². The molecule has 0 fully saturated rings. The molecule has 0 amide bonds. The van der Waals surface area contributed by atoms with Gasteiger partial charge in [-0.15, -0.1) is 34.0 Å². The van der Waals surface area contributed by atoms with E-state index in [0.717, 1.165) is 192 Å². The number of hydrogen-bond donors (Lipinski definition) is 1. The fourth-order valence-corrected chi connectivity index (χ4v) is 18.1. The summed E-state index contributed by atoms with van der Waals surface area (Å²) >= 11 is 7.82. The Hall–Kier alpha value is -6.42. The highest BCUT2D eigenvalue weighted by Gasteiger charge is 2.40. The maximum atomic E-state index is 11.9. The third kappa shape index (κ3) is 17.5. The van der Waals surface area contributed by atoms with Crippen molar-refractivity contribution >= 4 is 95.5 Å². The molecule has 496 valence electrons. The molecule has 2 aliphatic heterocycles. The second-order valence-electron chi connectivity index (χ2n) is 25.3. The van der Waals surface area contributed by atoms with Gasteiger partial charge in [-0.1, -0.05) is 192 Å². The third-order valence-corrected chi connectivity index (χ3v) is 23.8. The van der Waals surface area contributed by atoms with Gasteiger partial charge >= 0.3 is 5.97 Å². The number of thiophene rings is 3. The number of hydrogen-bond acceptors (Lipinski definition) is 16. The maximum Gasteiger partial charge on any atom is 0.346 e. The first-order chi connectivity index (χ1) is 45.5. The molecule has 0 spiro atoms. The third-order valence-electron chi connectivity index (χ3n) is 17.9. The number of benzene rings is 3. The first-order valence-corrected chi connectivity index (χ1v) is 38.6. The fourth-order valence-electron chi connectivity index (χ4n) is 12.5. The molecule has 7 heterocycles. The van der Waals surface area contributed by atoms with Crippen molar-refractivity contribution in [3.8, 4) is 80.5 Å². The monoisotopic (exact) mass is 1350 g/mol. The Balaban J connectivity index is 1.01. The molecule has 10 rings (SSSR count). The predicted molar refractivity (Wildman–Crippen MR) is 389 cm³/mol. The lowest BCUT2D eigenvalue weighted by Gasteiger charge is -2.31. The fraction of sp³-hybridized carbons (Fsp3) is 0.500. The Morgan fingerprint density at radius 3 is 1.29 bits per heavy atom. The van der Waals surface area contributed by atoms with Crippen LogP contribution in [0.1, 0.15) is 201 Å². The van der Waals surface area contributed by atoms with Crippen molar-refractivity contribution in [2.45, 2.75) is 196 Å². The second kappa shape index (κ2) is 34.3. The molecule has 1 N–H and O–H groups in total. The summed E-state index contributed by atoms with van der Waals surface area (Å²) in [4.78, 5) is 32.0. The Morgan fingerprint density at radius 1 is 0.495 bits per heavy atom. The highest BCUT2D eigenvalue weighted by molar-refractivity contribution is 7.33. The number of aromatic nitrogens is 2. The molecule has 0 saturated heterocycles. The number of fused-ring (bicyclic) bond motifs is 3. The number of ether oxygens (including phenoxy) is 6. The first-order valence-electron chi connectivity index (χ1n) is 34.5. The van der Waals surface area contributed by atoms with Crippen LogP contribution < -0.4 is 33.3 Å². The van der Waals surface area contributed by atoms with Gasteiger partial charge in [0.15, 0.2) is 32.7 Å². The predicted octanol–water partition coefficient (Wildman–Crippen LogP) is 23.8. The number of carboxylic acids is 1. The average Bonchev–Trinajstić information content (AvgIpc) is 1.61. The zero-order chi connectivity index (χ0) is 65.0. The van der Waals surface area contributed by atoms with Crippen molar-refractivity contribution in [1.29, 1.82) is 5.26 Å². The number of carboxylic acid groups (broad SMARTS) is 1. The minimum Gasteiger partial charge on any atom is -0.494 e. The van der Waals surface area contributed by atoms with Crippen LogP contribution in [0.25, 0.3) is 55.7 Å². The van der Waals surface area contributed by atoms with Gasteiger partial charge in [0.05, 0.1) is 49.4 Å². The minimum absolute atomic E-state index is 0.127. The van der Waals surface area contributed by atoms with E-state index in [2.05, 4.69) is 119 Å². The van der Waals surface area contributed by atoms with Gasteiger partial charge in [-0.05, 0) is 123 Å². The Morgan fingerprint density at radius 2 is 0.882 bits per heavy atom. The minimum atomic E-state index is -1.25. The summed E-state index contributed by atoms with van der Waals surface area (Å²) in [7, 11) is 0. The SMILES string of the molecule is CCCCCCOc1ccc(N(c2ccc(OCCCCCC)cc2)c2ccc(-c3sc(-c4nc5sc(-c6sc(-c7ccc(/C=C(/C#N)C(=O)O)s7)c7c6OCC(CCCCC)(CCCCC)CO7)nc5s4)c4c3OCC(CCCCC)(CCCCC)CO4)cc2)cc1. The van der Waals surface area contributed by atoms with Crippen LogP contribution in [0, 0.1) is 22.2 Å². The van der Waals surface area contributed by atoms with Gasteiger partial charge in [0.1, 0.15) is 42.9 Å². The van der Waals surface area contributed by atoms with E-state index in [-0.39, 0.29) is 16.4 Å². The van der Waals surface area contributed by atoms with Crippen LogP contribution in [0.15, 0.2) is 90.5 Å². The molecule has 0 atom stereocenters. The molecule has 0 bridgehead atoms. The molecule has 0 radical (unpaired) electrons. The molecule has 8 aromatic rings. The largest absolute Gasteiger partial charge is 0.494 e. The van der Waals surface area contributed by atoms with Crippen LogP contribution in [-0.4, -0.2) is 60.7 Å². The number of thiazole rings is 2. The van der Waals surface area contributed by atoms with Crippen molar-refractivity contribution in [1.82, 2.24) is 9.97 Å². The molecule has 93 heavy (non-hydrogen) atoms. The smallest absolute Gasteiger partial charge is 0.346 e. The molecule has 5 aromatic heterocycles. The lowest BCUT2D eigenvalue weighted by Crippen LogP contribution is -2.33. The summed E-state index contributed by atoms with van der Waals surface area (Å²) < 4.78 is 41.0. The van der Waals surface area contributed by atoms with Gasteiger partial charge in [0, 0.05) is 37.6 Å². The van der Waals surface area contributed by atoms with E-state index in [1.54, 1.807) is 45.3 Å². The molecule has 0 unspecified atom stereocenters. The topological polar surface area (TPSA) is 145 Å². The van der Waals surface area contributed by atoms with E-state index in [1.165, 1.54) is 68.8 Å². The zero-order valence-electron chi connectivity index (χ0n) is 55.5. The van der Waals surface area contributed by atoms with E-state index >= 15 is 0 Å². The van der Waals surface area contributed by atoms with E-state index in [9.17, 15) is 15.2 Å². The molecule has 2 aliphatic rings. The highest BCUT2D eigenvalue weighted by atomic mass is 32.1. The van der Waals surface area contributed by atoms with Crippen molar-refractivity contribution in [2.24, 2.45) is 10.8 Å². The maximum absolute atomic E-state index is 11.9. The quantitative estimate of drug-likeness (QED) is 0.0225. The van der Waals surface area contributed by atoms with Crippen molar-refractivity contribution in [2.75, 3.05) is 44.5 Å². The molecule has 0 aliphatic carbocycles. The summed E-state index contributed by atoms with van der Waals surface area (Å²) in [6.45, 7) is 17.2. The summed E-state index contributed by atoms with van der Waals surface area (Å²) in [5.41, 5.74) is 3.50. The van der Waals surface area contributed by atoms with Gasteiger partial charge in [-0.25, -0.2) is 14.8 Å². The van der Waals surface area contributed by atoms with Crippen LogP contribution in [0.4, 0.5) is 17.1 Å². The second-order valence-corrected chi connectivity index (χ2v) is 30.4. The van der Waals surface area contributed by atoms with Gasteiger partial charge in [0.25, 0.3) is 0 Å². The van der Waals surface area contributed by atoms with Crippen molar-refractivity contribution in [3.63, 3.8) is 0 Å². The van der Waals surface area contributed by atoms with E-state index in [4.69, 9.17) is 38.4 Å². The average molecular weight is 1350 g/mol. The van der Waals surface area contributed by atoms with E-state index in [0.29, 0.717) is 56.0 Å². The number of nitrogens with zero attached hydrogens (tertiary/aromatic N) is 4. The lowest BCUT2D eigenvalue weighted by atomic mass is 9.79. The molecule has 0 saturated carbocycles. The lowest BCUT2D eigenvalue weighted by molar-refractivity contribution is -0.132. The number of rotatable bonds is 37. The van der Waals surface area contributed by atoms with Crippen LogP contribution in [0.5, 0.6) is 34.5 Å². The summed E-state index contributed by atoms with van der Waals surface area (Å²) in [6, 6.07) is 31.5. The molecular formula is C76H94N4O8S5. The summed E-state index contributed by atoms with van der Waals surface area (Å²) in [6.07, 6.45) is 28.5. The standard InChI is InChI=1S/C76H94N4O8S5/c1-7-13-19-25-45-83-58-35-31-56(32-36-58)80(57-33-37-59(38-34-57)84-46-26-20-14-8-2)55-29-27-53(28-30-55)66-62-64(87-51-75(49-85-62,41-21-15-9-3)42-22-16-10-4)68(90-66)70-78-72-73(92-70)79-71(93-72)69-65-63(67(91-69)61-40-39-60(89-61)47-54(48-77)74(81)82)86-50-76(52-88-65,43-23-17-11-5)44-24-18-12-6/h27-40,47H,7-26,41-46,49-52H2,1-6H3,(H,81,82)/b54-47-. The normalized spacial score (nSPS) is 14.2. The molecule has 17 heteroatoms. The summed E-state index contributed by atoms with van der Waals surface area (Å²) in [5, 5.41) is 21.0. The Bertz CT molecular complexity index is 3610.